The number of rotatable bonds is 4. The van der Waals surface area contributed by atoms with Crippen LogP contribution in [-0.2, 0) is 4.84 Å². The molecule has 7 heteroatoms. The molecule has 1 saturated heterocycles. The Kier molecular flexibility index (Phi) is 5.02. The van der Waals surface area contributed by atoms with Crippen molar-refractivity contribution >= 4 is 22.6 Å². The highest BCUT2D eigenvalue weighted by Gasteiger charge is 2.16. The van der Waals surface area contributed by atoms with Gasteiger partial charge in [0, 0.05) is 50.2 Å². The summed E-state index contributed by atoms with van der Waals surface area (Å²) in [6.07, 6.45) is 1.80. The highest BCUT2D eigenvalue weighted by Crippen LogP contribution is 2.23. The van der Waals surface area contributed by atoms with Crippen LogP contribution in [-0.4, -0.2) is 72.8 Å². The second kappa shape index (κ2) is 7.61. The summed E-state index contributed by atoms with van der Waals surface area (Å²) in [5, 5.41) is 1.21. The molecule has 0 radical (unpaired) electrons. The Morgan fingerprint density at radius 1 is 1.04 bits per heavy atom. The molecule has 0 unspecified atom stereocenters. The maximum absolute atomic E-state index is 12.4. The molecule has 7 nitrogen and oxygen atoms in total. The molecular weight excluding hydrogens is 354 g/mol. The number of hydrogen-bond donors (Lipinski definition) is 0. The van der Waals surface area contributed by atoms with Gasteiger partial charge in [-0.15, -0.1) is 0 Å². The van der Waals surface area contributed by atoms with Gasteiger partial charge >= 0.3 is 0 Å². The van der Waals surface area contributed by atoms with Crippen molar-refractivity contribution in [1.82, 2.24) is 19.5 Å². The normalized spacial score (nSPS) is 15.2. The first kappa shape index (κ1) is 18.5. The number of nitrogens with zero attached hydrogens (tertiary/aromatic N) is 5. The fourth-order valence-electron chi connectivity index (χ4n) is 3.50. The van der Waals surface area contributed by atoms with E-state index in [9.17, 15) is 4.79 Å². The Morgan fingerprint density at radius 3 is 2.39 bits per heavy atom. The summed E-state index contributed by atoms with van der Waals surface area (Å²) in [6, 6.07) is 14.0. The van der Waals surface area contributed by atoms with Gasteiger partial charge in [-0.25, -0.2) is 10.0 Å². The summed E-state index contributed by atoms with van der Waals surface area (Å²) in [5.74, 6) is -0.192. The lowest BCUT2D eigenvalue weighted by Crippen LogP contribution is -2.44. The molecule has 0 spiro atoms. The predicted molar refractivity (Wildman–Crippen MR) is 110 cm³/mol. The van der Waals surface area contributed by atoms with Gasteiger partial charge in [-0.1, -0.05) is 0 Å². The number of carbonyl (C=O) groups is 1. The molecule has 1 aliphatic heterocycles. The summed E-state index contributed by atoms with van der Waals surface area (Å²) in [5.41, 5.74) is 4.55. The van der Waals surface area contributed by atoms with Gasteiger partial charge in [-0.05, 0) is 49.5 Å². The summed E-state index contributed by atoms with van der Waals surface area (Å²) in [4.78, 5) is 26.6. The van der Waals surface area contributed by atoms with Crippen molar-refractivity contribution in [3.63, 3.8) is 0 Å². The molecule has 2 heterocycles. The molecule has 3 aromatic rings. The molecule has 1 aliphatic rings. The molecule has 0 saturated carbocycles. The Balaban J connectivity index is 1.62. The second-order valence-electron chi connectivity index (χ2n) is 7.11. The van der Waals surface area contributed by atoms with Gasteiger partial charge in [-0.2, -0.15) is 0 Å². The van der Waals surface area contributed by atoms with E-state index in [0.717, 1.165) is 42.9 Å². The SMILES string of the molecule is CON(C)C(=O)c1ccc2ncn(-c3ccc(N4CCN(C)CC4)cc3)c2c1. The lowest BCUT2D eigenvalue weighted by molar-refractivity contribution is -0.0756. The van der Waals surface area contributed by atoms with Crippen LogP contribution in [0.25, 0.3) is 16.7 Å². The molecule has 2 aromatic carbocycles. The summed E-state index contributed by atoms with van der Waals surface area (Å²) < 4.78 is 2.01. The van der Waals surface area contributed by atoms with E-state index in [0.29, 0.717) is 5.56 Å². The standard InChI is InChI=1S/C21H25N5O2/c1-23-10-12-25(13-11-23)17-5-7-18(8-6-17)26-15-22-19-9-4-16(14-20(19)26)21(27)24(2)28-3/h4-9,14-15H,10-13H2,1-3H3. The van der Waals surface area contributed by atoms with Crippen molar-refractivity contribution in [1.29, 1.82) is 0 Å². The number of amides is 1. The molecule has 0 atom stereocenters. The van der Waals surface area contributed by atoms with Crippen LogP contribution < -0.4 is 4.90 Å². The van der Waals surface area contributed by atoms with Crippen molar-refractivity contribution in [3.05, 3.63) is 54.4 Å². The maximum atomic E-state index is 12.4. The lowest BCUT2D eigenvalue weighted by Gasteiger charge is -2.34. The first-order chi connectivity index (χ1) is 13.6. The third-order valence-corrected chi connectivity index (χ3v) is 5.35. The van der Waals surface area contributed by atoms with Crippen LogP contribution in [0.5, 0.6) is 0 Å². The fourth-order valence-corrected chi connectivity index (χ4v) is 3.50. The average Bonchev–Trinajstić information content (AvgIpc) is 3.16. The predicted octanol–water partition coefficient (Wildman–Crippen LogP) is 2.41. The van der Waals surface area contributed by atoms with Gasteiger partial charge in [0.25, 0.3) is 5.91 Å². The quantitative estimate of drug-likeness (QED) is 0.652. The van der Waals surface area contributed by atoms with Crippen LogP contribution in [0, 0.1) is 0 Å². The Bertz CT molecular complexity index is 974. The molecule has 0 N–H and O–H groups in total. The molecule has 4 rings (SSSR count). The van der Waals surface area contributed by atoms with Crippen LogP contribution in [0.1, 0.15) is 10.4 Å². The van der Waals surface area contributed by atoms with Gasteiger partial charge in [0.1, 0.15) is 6.33 Å². The number of imidazole rings is 1. The van der Waals surface area contributed by atoms with Gasteiger partial charge in [0.15, 0.2) is 0 Å². The number of benzene rings is 2. The lowest BCUT2D eigenvalue weighted by atomic mass is 10.1. The Labute approximate surface area is 164 Å². The number of carbonyl (C=O) groups excluding carboxylic acids is 1. The largest absolute Gasteiger partial charge is 0.369 e. The summed E-state index contributed by atoms with van der Waals surface area (Å²) in [7, 11) is 5.23. The van der Waals surface area contributed by atoms with Crippen LogP contribution >= 0.6 is 0 Å². The zero-order valence-electron chi connectivity index (χ0n) is 16.5. The number of aromatic nitrogens is 2. The number of hydroxylamine groups is 2. The molecule has 0 bridgehead atoms. The number of anilines is 1. The van der Waals surface area contributed by atoms with E-state index < -0.39 is 0 Å². The molecule has 28 heavy (non-hydrogen) atoms. The number of fused-ring (bicyclic) bond motifs is 1. The highest BCUT2D eigenvalue weighted by atomic mass is 16.7. The Morgan fingerprint density at radius 2 is 1.71 bits per heavy atom. The number of likely N-dealkylation sites (N-methyl/N-ethyl adjacent to an activating group) is 1. The zero-order valence-corrected chi connectivity index (χ0v) is 16.5. The monoisotopic (exact) mass is 379 g/mol. The van der Waals surface area contributed by atoms with E-state index in [2.05, 4.69) is 46.1 Å². The third-order valence-electron chi connectivity index (χ3n) is 5.35. The van der Waals surface area contributed by atoms with Crippen molar-refractivity contribution in [2.75, 3.05) is 52.3 Å². The van der Waals surface area contributed by atoms with Gasteiger partial charge < -0.3 is 9.80 Å². The minimum Gasteiger partial charge on any atom is -0.369 e. The number of hydrogen-bond acceptors (Lipinski definition) is 5. The zero-order chi connectivity index (χ0) is 19.7. The minimum absolute atomic E-state index is 0.192. The smallest absolute Gasteiger partial charge is 0.277 e. The first-order valence-electron chi connectivity index (χ1n) is 9.40. The van der Waals surface area contributed by atoms with Gasteiger partial charge in [-0.3, -0.25) is 14.2 Å². The van der Waals surface area contributed by atoms with Crippen molar-refractivity contribution in [2.24, 2.45) is 0 Å². The molecule has 1 aromatic heterocycles. The van der Waals surface area contributed by atoms with Crippen LogP contribution in [0.15, 0.2) is 48.8 Å². The summed E-state index contributed by atoms with van der Waals surface area (Å²) in [6.45, 7) is 4.26. The first-order valence-corrected chi connectivity index (χ1v) is 9.40. The molecule has 1 amide bonds. The van der Waals surface area contributed by atoms with E-state index in [4.69, 9.17) is 4.84 Å². The summed E-state index contributed by atoms with van der Waals surface area (Å²) >= 11 is 0. The van der Waals surface area contributed by atoms with Crippen LogP contribution in [0.4, 0.5) is 5.69 Å². The third kappa shape index (κ3) is 3.46. The van der Waals surface area contributed by atoms with Crippen molar-refractivity contribution in [2.45, 2.75) is 0 Å². The van der Waals surface area contributed by atoms with Crippen LogP contribution in [0.2, 0.25) is 0 Å². The molecule has 146 valence electrons. The second-order valence-corrected chi connectivity index (χ2v) is 7.11. The topological polar surface area (TPSA) is 53.8 Å². The van der Waals surface area contributed by atoms with Crippen molar-refractivity contribution < 1.29 is 9.63 Å². The van der Waals surface area contributed by atoms with E-state index >= 15 is 0 Å². The molecule has 1 fully saturated rings. The van der Waals surface area contributed by atoms with E-state index in [-0.39, 0.29) is 5.91 Å². The molecular formula is C21H25N5O2. The van der Waals surface area contributed by atoms with E-state index in [1.807, 2.05) is 16.7 Å². The highest BCUT2D eigenvalue weighted by molar-refractivity contribution is 5.97. The van der Waals surface area contributed by atoms with Crippen LogP contribution in [0.3, 0.4) is 0 Å². The van der Waals surface area contributed by atoms with E-state index in [1.54, 1.807) is 19.4 Å². The van der Waals surface area contributed by atoms with Crippen molar-refractivity contribution in [3.8, 4) is 5.69 Å². The Hall–Kier alpha value is -2.90. The van der Waals surface area contributed by atoms with Gasteiger partial charge in [0.2, 0.25) is 0 Å². The minimum atomic E-state index is -0.192. The van der Waals surface area contributed by atoms with E-state index in [1.165, 1.54) is 17.9 Å². The maximum Gasteiger partial charge on any atom is 0.277 e. The average molecular weight is 379 g/mol. The van der Waals surface area contributed by atoms with Gasteiger partial charge in [0.05, 0.1) is 18.1 Å². The number of piperazine rings is 1. The fraction of sp³-hybridized carbons (Fsp3) is 0.333. The molecule has 0 aliphatic carbocycles.